The van der Waals surface area contributed by atoms with Crippen LogP contribution in [0.15, 0.2) is 30.3 Å². The van der Waals surface area contributed by atoms with Gasteiger partial charge in [0.25, 0.3) is 0 Å². The zero-order chi connectivity index (χ0) is 11.4. The van der Waals surface area contributed by atoms with Gasteiger partial charge in [-0.05, 0) is 30.6 Å². The van der Waals surface area contributed by atoms with Crippen LogP contribution in [0.2, 0.25) is 0 Å². The van der Waals surface area contributed by atoms with E-state index in [1.807, 2.05) is 24.3 Å². The Hall–Kier alpha value is -1.28. The topological polar surface area (TPSA) is 35.2 Å². The SMILES string of the molecule is CCCCCC1=CC(N)Oc2ccccc21. The lowest BCUT2D eigenvalue weighted by Crippen LogP contribution is -2.27. The van der Waals surface area contributed by atoms with Crippen LogP contribution in [0.4, 0.5) is 0 Å². The van der Waals surface area contributed by atoms with Gasteiger partial charge in [-0.2, -0.15) is 0 Å². The molecule has 86 valence electrons. The molecule has 0 saturated heterocycles. The Bertz CT molecular complexity index is 384. The Morgan fingerprint density at radius 1 is 1.25 bits per heavy atom. The van der Waals surface area contributed by atoms with Crippen molar-refractivity contribution in [3.8, 4) is 5.75 Å². The summed E-state index contributed by atoms with van der Waals surface area (Å²) in [5.41, 5.74) is 8.39. The molecule has 1 aromatic rings. The molecule has 0 saturated carbocycles. The van der Waals surface area contributed by atoms with E-state index in [4.69, 9.17) is 10.5 Å². The summed E-state index contributed by atoms with van der Waals surface area (Å²) < 4.78 is 5.57. The molecular weight excluding hydrogens is 198 g/mol. The molecule has 0 radical (unpaired) electrons. The van der Waals surface area contributed by atoms with Gasteiger partial charge in [0.15, 0.2) is 6.23 Å². The van der Waals surface area contributed by atoms with Crippen molar-refractivity contribution in [2.45, 2.75) is 38.8 Å². The van der Waals surface area contributed by atoms with Gasteiger partial charge >= 0.3 is 0 Å². The number of ether oxygens (including phenoxy) is 1. The number of hydrogen-bond acceptors (Lipinski definition) is 2. The van der Waals surface area contributed by atoms with Crippen LogP contribution in [0.5, 0.6) is 5.75 Å². The lowest BCUT2D eigenvalue weighted by molar-refractivity contribution is 0.252. The molecule has 2 N–H and O–H groups in total. The average Bonchev–Trinajstić information content (AvgIpc) is 2.29. The van der Waals surface area contributed by atoms with E-state index in [1.165, 1.54) is 30.4 Å². The summed E-state index contributed by atoms with van der Waals surface area (Å²) in [6.07, 6.45) is 6.60. The first-order chi connectivity index (χ1) is 7.81. The van der Waals surface area contributed by atoms with Gasteiger partial charge in [-0.25, -0.2) is 0 Å². The minimum Gasteiger partial charge on any atom is -0.471 e. The predicted octanol–water partition coefficient (Wildman–Crippen LogP) is 3.33. The number of fused-ring (bicyclic) bond motifs is 1. The van der Waals surface area contributed by atoms with E-state index < -0.39 is 0 Å². The zero-order valence-electron chi connectivity index (χ0n) is 9.78. The molecule has 2 heteroatoms. The lowest BCUT2D eigenvalue weighted by atomic mass is 9.96. The van der Waals surface area contributed by atoms with Gasteiger partial charge in [-0.15, -0.1) is 0 Å². The normalized spacial score (nSPS) is 18.6. The largest absolute Gasteiger partial charge is 0.471 e. The number of rotatable bonds is 4. The van der Waals surface area contributed by atoms with Crippen LogP contribution in [0.25, 0.3) is 5.57 Å². The fourth-order valence-electron chi connectivity index (χ4n) is 2.09. The summed E-state index contributed by atoms with van der Waals surface area (Å²) >= 11 is 0. The first-order valence-corrected chi connectivity index (χ1v) is 6.03. The molecule has 0 aromatic heterocycles. The Labute approximate surface area is 97.1 Å². The van der Waals surface area contributed by atoms with Crippen LogP contribution >= 0.6 is 0 Å². The van der Waals surface area contributed by atoms with E-state index in [0.29, 0.717) is 0 Å². The first-order valence-electron chi connectivity index (χ1n) is 6.03. The fraction of sp³-hybridized carbons (Fsp3) is 0.429. The van der Waals surface area contributed by atoms with Crippen molar-refractivity contribution in [3.05, 3.63) is 35.9 Å². The maximum absolute atomic E-state index is 5.85. The molecule has 1 aliphatic heterocycles. The minimum absolute atomic E-state index is 0.286. The number of hydrogen-bond donors (Lipinski definition) is 1. The minimum atomic E-state index is -0.286. The second-order valence-electron chi connectivity index (χ2n) is 4.23. The quantitative estimate of drug-likeness (QED) is 0.785. The molecule has 1 atom stereocenters. The van der Waals surface area contributed by atoms with Gasteiger partial charge in [-0.3, -0.25) is 5.73 Å². The third kappa shape index (κ3) is 2.45. The van der Waals surface area contributed by atoms with E-state index >= 15 is 0 Å². The van der Waals surface area contributed by atoms with E-state index in [-0.39, 0.29) is 6.23 Å². The predicted molar refractivity (Wildman–Crippen MR) is 67.2 cm³/mol. The molecule has 1 heterocycles. The summed E-state index contributed by atoms with van der Waals surface area (Å²) in [7, 11) is 0. The Morgan fingerprint density at radius 2 is 2.06 bits per heavy atom. The van der Waals surface area contributed by atoms with Crippen LogP contribution in [-0.4, -0.2) is 6.23 Å². The summed E-state index contributed by atoms with van der Waals surface area (Å²) in [5.74, 6) is 0.920. The number of benzene rings is 1. The first kappa shape index (κ1) is 11.2. The van der Waals surface area contributed by atoms with Crippen molar-refractivity contribution < 1.29 is 4.74 Å². The van der Waals surface area contributed by atoms with Gasteiger partial charge in [0.1, 0.15) is 5.75 Å². The average molecular weight is 217 g/mol. The summed E-state index contributed by atoms with van der Waals surface area (Å²) in [5, 5.41) is 0. The fourth-order valence-corrected chi connectivity index (χ4v) is 2.09. The van der Waals surface area contributed by atoms with Crippen LogP contribution in [0.1, 0.15) is 38.2 Å². The molecule has 1 aromatic carbocycles. The molecule has 0 amide bonds. The van der Waals surface area contributed by atoms with Crippen molar-refractivity contribution in [3.63, 3.8) is 0 Å². The molecule has 0 spiro atoms. The second kappa shape index (κ2) is 5.17. The van der Waals surface area contributed by atoms with Crippen LogP contribution < -0.4 is 10.5 Å². The highest BCUT2D eigenvalue weighted by Gasteiger charge is 2.16. The van der Waals surface area contributed by atoms with Crippen molar-refractivity contribution in [1.29, 1.82) is 0 Å². The number of allylic oxidation sites excluding steroid dienone is 1. The smallest absolute Gasteiger partial charge is 0.167 e. The molecule has 2 nitrogen and oxygen atoms in total. The highest BCUT2D eigenvalue weighted by Crippen LogP contribution is 2.33. The molecule has 2 rings (SSSR count). The van der Waals surface area contributed by atoms with E-state index in [0.717, 1.165) is 12.2 Å². The summed E-state index contributed by atoms with van der Waals surface area (Å²) in [4.78, 5) is 0. The third-order valence-electron chi connectivity index (χ3n) is 2.91. The summed E-state index contributed by atoms with van der Waals surface area (Å²) in [6.45, 7) is 2.22. The van der Waals surface area contributed by atoms with Gasteiger partial charge in [-0.1, -0.05) is 38.0 Å². The Morgan fingerprint density at radius 3 is 2.88 bits per heavy atom. The van der Waals surface area contributed by atoms with Gasteiger partial charge in [0, 0.05) is 5.56 Å². The number of unbranched alkanes of at least 4 members (excludes halogenated alkanes) is 2. The molecule has 0 fully saturated rings. The Kier molecular flexibility index (Phi) is 3.62. The molecule has 0 aliphatic carbocycles. The van der Waals surface area contributed by atoms with Gasteiger partial charge in [0.2, 0.25) is 0 Å². The van der Waals surface area contributed by atoms with Gasteiger partial charge in [0.05, 0.1) is 0 Å². The lowest BCUT2D eigenvalue weighted by Gasteiger charge is -2.22. The van der Waals surface area contributed by atoms with E-state index in [2.05, 4.69) is 13.0 Å². The summed E-state index contributed by atoms with van der Waals surface area (Å²) in [6, 6.07) is 8.13. The molecular formula is C14H19NO. The van der Waals surface area contributed by atoms with Gasteiger partial charge < -0.3 is 4.74 Å². The third-order valence-corrected chi connectivity index (χ3v) is 2.91. The Balaban J connectivity index is 2.16. The second-order valence-corrected chi connectivity index (χ2v) is 4.23. The van der Waals surface area contributed by atoms with Crippen molar-refractivity contribution in [1.82, 2.24) is 0 Å². The molecule has 1 unspecified atom stereocenters. The molecule has 1 aliphatic rings. The van der Waals surface area contributed by atoms with Crippen molar-refractivity contribution >= 4 is 5.57 Å². The standard InChI is InChI=1S/C14H19NO/c1-2-3-4-7-11-10-14(15)16-13-9-6-5-8-12(11)13/h5-6,8-10,14H,2-4,7,15H2,1H3. The highest BCUT2D eigenvalue weighted by molar-refractivity contribution is 5.72. The van der Waals surface area contributed by atoms with E-state index in [1.54, 1.807) is 0 Å². The maximum atomic E-state index is 5.85. The molecule has 0 bridgehead atoms. The van der Waals surface area contributed by atoms with E-state index in [9.17, 15) is 0 Å². The molecule has 16 heavy (non-hydrogen) atoms. The monoisotopic (exact) mass is 217 g/mol. The van der Waals surface area contributed by atoms with Crippen LogP contribution in [0.3, 0.4) is 0 Å². The maximum Gasteiger partial charge on any atom is 0.167 e. The van der Waals surface area contributed by atoms with Crippen molar-refractivity contribution in [2.24, 2.45) is 5.73 Å². The van der Waals surface area contributed by atoms with Crippen molar-refractivity contribution in [2.75, 3.05) is 0 Å². The number of para-hydroxylation sites is 1. The number of nitrogens with two attached hydrogens (primary N) is 1. The van der Waals surface area contributed by atoms with Crippen LogP contribution in [-0.2, 0) is 0 Å². The van der Waals surface area contributed by atoms with Crippen LogP contribution in [0, 0.1) is 0 Å². The zero-order valence-corrected chi connectivity index (χ0v) is 9.78. The highest BCUT2D eigenvalue weighted by atomic mass is 16.5.